The monoisotopic (exact) mass is 469 g/mol. The number of benzene rings is 2. The maximum atomic E-state index is 13.2. The van der Waals surface area contributed by atoms with Crippen molar-refractivity contribution in [1.82, 2.24) is 4.98 Å². The highest BCUT2D eigenvalue weighted by Crippen LogP contribution is 2.20. The molecule has 3 rings (SSSR count). The van der Waals surface area contributed by atoms with Gasteiger partial charge < -0.3 is 10.1 Å². The number of pyridine rings is 1. The third-order valence-electron chi connectivity index (χ3n) is 3.88. The van der Waals surface area contributed by atoms with Gasteiger partial charge in [0, 0.05) is 18.0 Å². The molecule has 168 valence electrons. The highest BCUT2D eigenvalue weighted by molar-refractivity contribution is 7.92. The highest BCUT2D eigenvalue weighted by atomic mass is 32.2. The van der Waals surface area contributed by atoms with Gasteiger partial charge in [-0.3, -0.25) is 9.52 Å². The minimum Gasteiger partial charge on any atom is -0.468 e. The number of nitrogens with one attached hydrogen (secondary N) is 2. The second kappa shape index (κ2) is 9.22. The van der Waals surface area contributed by atoms with Crippen LogP contribution in [0.2, 0.25) is 0 Å². The molecule has 1 heterocycles. The number of hydrogen-bond donors (Lipinski definition) is 2. The lowest BCUT2D eigenvalue weighted by Gasteiger charge is -2.10. The van der Waals surface area contributed by atoms with Crippen LogP contribution < -0.4 is 14.8 Å². The SMILES string of the molecule is O=C(Nc1ccc(S(=O)(=O)Nc2cccc(F)c2)cc1)c1ccc(OCC(F)(F)F)nc1. The fraction of sp³-hybridized carbons (Fsp3) is 0.100. The van der Waals surface area contributed by atoms with Gasteiger partial charge in [-0.15, -0.1) is 0 Å². The van der Waals surface area contributed by atoms with Crippen molar-refractivity contribution < 1.29 is 35.5 Å². The highest BCUT2D eigenvalue weighted by Gasteiger charge is 2.28. The van der Waals surface area contributed by atoms with Gasteiger partial charge in [0.25, 0.3) is 15.9 Å². The summed E-state index contributed by atoms with van der Waals surface area (Å²) in [6.45, 7) is -1.51. The summed E-state index contributed by atoms with van der Waals surface area (Å²) in [5.74, 6) is -1.51. The molecule has 0 fully saturated rings. The lowest BCUT2D eigenvalue weighted by atomic mass is 10.2. The first kappa shape index (κ1) is 23.0. The van der Waals surface area contributed by atoms with E-state index in [9.17, 15) is 30.8 Å². The predicted octanol–water partition coefficient (Wildman–Crippen LogP) is 4.21. The Morgan fingerprint density at radius 3 is 2.31 bits per heavy atom. The first-order valence-corrected chi connectivity index (χ1v) is 10.4. The molecule has 0 aliphatic rings. The summed E-state index contributed by atoms with van der Waals surface area (Å²) < 4.78 is 81.2. The molecule has 7 nitrogen and oxygen atoms in total. The quantitative estimate of drug-likeness (QED) is 0.505. The van der Waals surface area contributed by atoms with E-state index in [-0.39, 0.29) is 27.7 Å². The number of aromatic nitrogens is 1. The number of rotatable bonds is 7. The molecule has 0 saturated heterocycles. The number of halogens is 4. The van der Waals surface area contributed by atoms with Crippen LogP contribution in [0.4, 0.5) is 28.9 Å². The number of carbonyl (C=O) groups excluding carboxylic acids is 1. The molecule has 2 N–H and O–H groups in total. The largest absolute Gasteiger partial charge is 0.468 e. The normalized spacial score (nSPS) is 11.6. The van der Waals surface area contributed by atoms with Crippen molar-refractivity contribution in [2.75, 3.05) is 16.6 Å². The van der Waals surface area contributed by atoms with Gasteiger partial charge >= 0.3 is 6.18 Å². The molecule has 1 aromatic heterocycles. The van der Waals surface area contributed by atoms with Crippen LogP contribution in [-0.2, 0) is 10.0 Å². The van der Waals surface area contributed by atoms with Gasteiger partial charge in [-0.1, -0.05) is 6.07 Å². The van der Waals surface area contributed by atoms with Gasteiger partial charge in [0.2, 0.25) is 5.88 Å². The van der Waals surface area contributed by atoms with E-state index in [2.05, 4.69) is 19.8 Å². The van der Waals surface area contributed by atoms with Crippen LogP contribution >= 0.6 is 0 Å². The number of alkyl halides is 3. The smallest absolute Gasteiger partial charge is 0.422 e. The van der Waals surface area contributed by atoms with Crippen molar-refractivity contribution in [3.63, 3.8) is 0 Å². The summed E-state index contributed by atoms with van der Waals surface area (Å²) in [5.41, 5.74) is 0.364. The fourth-order valence-electron chi connectivity index (χ4n) is 2.44. The van der Waals surface area contributed by atoms with Crippen molar-refractivity contribution in [2.24, 2.45) is 0 Å². The summed E-state index contributed by atoms with van der Waals surface area (Å²) in [7, 11) is -3.98. The van der Waals surface area contributed by atoms with E-state index in [1.165, 1.54) is 48.5 Å². The maximum absolute atomic E-state index is 13.2. The summed E-state index contributed by atoms with van der Waals surface area (Å²) in [4.78, 5) is 15.8. The maximum Gasteiger partial charge on any atom is 0.422 e. The van der Waals surface area contributed by atoms with Gasteiger partial charge in [0.15, 0.2) is 6.61 Å². The van der Waals surface area contributed by atoms with E-state index >= 15 is 0 Å². The van der Waals surface area contributed by atoms with E-state index < -0.39 is 34.5 Å². The average molecular weight is 469 g/mol. The molecule has 0 saturated carbocycles. The zero-order valence-electron chi connectivity index (χ0n) is 16.1. The lowest BCUT2D eigenvalue weighted by molar-refractivity contribution is -0.154. The van der Waals surface area contributed by atoms with Crippen LogP contribution in [-0.4, -0.2) is 32.1 Å². The second-order valence-corrected chi connectivity index (χ2v) is 8.07. The van der Waals surface area contributed by atoms with Gasteiger partial charge in [0.05, 0.1) is 16.1 Å². The van der Waals surface area contributed by atoms with Crippen LogP contribution in [0.5, 0.6) is 5.88 Å². The van der Waals surface area contributed by atoms with Crippen LogP contribution in [0.15, 0.2) is 71.8 Å². The molecular formula is C20H15F4N3O4S. The number of anilines is 2. The topological polar surface area (TPSA) is 97.4 Å². The van der Waals surface area contributed by atoms with Crippen molar-refractivity contribution >= 4 is 27.3 Å². The fourth-order valence-corrected chi connectivity index (χ4v) is 3.49. The Bertz CT molecular complexity index is 1200. The Morgan fingerprint density at radius 1 is 1.00 bits per heavy atom. The first-order valence-electron chi connectivity index (χ1n) is 8.87. The third kappa shape index (κ3) is 6.41. The van der Waals surface area contributed by atoms with Crippen LogP contribution in [0, 0.1) is 5.82 Å². The van der Waals surface area contributed by atoms with E-state index in [4.69, 9.17) is 0 Å². The average Bonchev–Trinajstić information content (AvgIpc) is 2.72. The molecule has 0 spiro atoms. The summed E-state index contributed by atoms with van der Waals surface area (Å²) >= 11 is 0. The number of ether oxygens (including phenoxy) is 1. The molecule has 32 heavy (non-hydrogen) atoms. The van der Waals surface area contributed by atoms with Crippen LogP contribution in [0.25, 0.3) is 0 Å². The molecule has 0 bridgehead atoms. The third-order valence-corrected chi connectivity index (χ3v) is 5.28. The molecule has 0 radical (unpaired) electrons. The Hall–Kier alpha value is -3.67. The molecule has 0 atom stereocenters. The van der Waals surface area contributed by atoms with Crippen molar-refractivity contribution in [3.05, 3.63) is 78.2 Å². The first-order chi connectivity index (χ1) is 15.0. The molecule has 2 aromatic carbocycles. The second-order valence-electron chi connectivity index (χ2n) is 6.38. The summed E-state index contributed by atoms with van der Waals surface area (Å²) in [6.07, 6.45) is -3.47. The van der Waals surface area contributed by atoms with E-state index in [0.717, 1.165) is 18.3 Å². The van der Waals surface area contributed by atoms with Crippen molar-refractivity contribution in [1.29, 1.82) is 0 Å². The number of nitrogens with zero attached hydrogens (tertiary/aromatic N) is 1. The van der Waals surface area contributed by atoms with Gasteiger partial charge in [-0.05, 0) is 48.5 Å². The Morgan fingerprint density at radius 2 is 1.72 bits per heavy atom. The van der Waals surface area contributed by atoms with Gasteiger partial charge in [-0.25, -0.2) is 17.8 Å². The predicted molar refractivity (Wildman–Crippen MR) is 107 cm³/mol. The van der Waals surface area contributed by atoms with Crippen molar-refractivity contribution in [3.8, 4) is 5.88 Å². The molecule has 0 aliphatic carbocycles. The number of carbonyl (C=O) groups is 1. The van der Waals surface area contributed by atoms with Crippen LogP contribution in [0.3, 0.4) is 0 Å². The van der Waals surface area contributed by atoms with E-state index in [1.807, 2.05) is 0 Å². The van der Waals surface area contributed by atoms with E-state index in [1.54, 1.807) is 0 Å². The zero-order chi connectivity index (χ0) is 23.4. The number of amides is 1. The van der Waals surface area contributed by atoms with Gasteiger partial charge in [0.1, 0.15) is 5.82 Å². The minimum atomic E-state index is -4.51. The van der Waals surface area contributed by atoms with Crippen molar-refractivity contribution in [2.45, 2.75) is 11.1 Å². The molecule has 3 aromatic rings. The molecule has 0 unspecified atom stereocenters. The lowest BCUT2D eigenvalue weighted by Crippen LogP contribution is -2.19. The molecule has 12 heteroatoms. The molecular weight excluding hydrogens is 454 g/mol. The minimum absolute atomic E-state index is 0.0498. The number of hydrogen-bond acceptors (Lipinski definition) is 5. The number of sulfonamides is 1. The Kier molecular flexibility index (Phi) is 6.63. The summed E-state index contributed by atoms with van der Waals surface area (Å²) in [5, 5.41) is 2.51. The van der Waals surface area contributed by atoms with Crippen LogP contribution in [0.1, 0.15) is 10.4 Å². The Labute approximate surface area is 180 Å². The molecule has 1 amide bonds. The summed E-state index contributed by atoms with van der Waals surface area (Å²) in [6, 6.07) is 12.5. The van der Waals surface area contributed by atoms with Gasteiger partial charge in [-0.2, -0.15) is 13.2 Å². The standard InChI is InChI=1S/C20H15F4N3O4S/c21-14-2-1-3-16(10-14)27-32(29,30)17-7-5-15(6-8-17)26-19(28)13-4-9-18(25-11-13)31-12-20(22,23)24/h1-11,27H,12H2,(H,26,28). The van der Waals surface area contributed by atoms with E-state index in [0.29, 0.717) is 0 Å². The zero-order valence-corrected chi connectivity index (χ0v) is 16.9. The Balaban J connectivity index is 1.63. The molecule has 0 aliphatic heterocycles.